The summed E-state index contributed by atoms with van der Waals surface area (Å²) in [7, 11) is 0. The largest absolute Gasteiger partial charge is 0.269 e. The van der Waals surface area contributed by atoms with Crippen LogP contribution in [0, 0.1) is 21.4 Å². The van der Waals surface area contributed by atoms with Crippen LogP contribution in [-0.4, -0.2) is 9.91 Å². The van der Waals surface area contributed by atoms with Crippen LogP contribution in [-0.2, 0) is 0 Å². The van der Waals surface area contributed by atoms with E-state index in [1.165, 1.54) is 12.1 Å². The number of nitriles is 1. The molecule has 3 aromatic rings. The number of benzene rings is 2. The molecular weight excluding hydrogens is 290 g/mol. The molecule has 0 bridgehead atoms. The summed E-state index contributed by atoms with van der Waals surface area (Å²) in [6.45, 7) is 0. The van der Waals surface area contributed by atoms with E-state index in [1.807, 2.05) is 30.3 Å². The van der Waals surface area contributed by atoms with Crippen LogP contribution in [0.5, 0.6) is 0 Å². The van der Waals surface area contributed by atoms with E-state index in [-0.39, 0.29) is 5.69 Å². The lowest BCUT2D eigenvalue weighted by Crippen LogP contribution is -1.89. The molecule has 0 unspecified atom stereocenters. The van der Waals surface area contributed by atoms with Crippen molar-refractivity contribution in [3.8, 4) is 6.07 Å². The second-order valence-electron chi connectivity index (χ2n) is 4.91. The highest BCUT2D eigenvalue weighted by Gasteiger charge is 2.06. The highest BCUT2D eigenvalue weighted by Crippen LogP contribution is 2.21. The molecule has 0 spiro atoms. The molecule has 2 aromatic carbocycles. The number of non-ortho nitro benzene ring substituents is 1. The van der Waals surface area contributed by atoms with Crippen LogP contribution in [0.3, 0.4) is 0 Å². The highest BCUT2D eigenvalue weighted by molar-refractivity contribution is 5.90. The van der Waals surface area contributed by atoms with Gasteiger partial charge in [0, 0.05) is 17.5 Å². The van der Waals surface area contributed by atoms with Gasteiger partial charge in [-0.05, 0) is 35.9 Å². The highest BCUT2D eigenvalue weighted by atomic mass is 16.6. The van der Waals surface area contributed by atoms with E-state index in [1.54, 1.807) is 24.3 Å². The maximum absolute atomic E-state index is 10.7. The molecule has 0 radical (unpaired) electrons. The van der Waals surface area contributed by atoms with Crippen molar-refractivity contribution in [3.05, 3.63) is 82.0 Å². The van der Waals surface area contributed by atoms with Crippen molar-refractivity contribution in [1.82, 2.24) is 4.98 Å². The molecule has 0 aliphatic heterocycles. The van der Waals surface area contributed by atoms with E-state index in [2.05, 4.69) is 11.1 Å². The second-order valence-corrected chi connectivity index (χ2v) is 4.91. The molecule has 5 heteroatoms. The van der Waals surface area contributed by atoms with Crippen LogP contribution in [0.25, 0.3) is 22.6 Å². The van der Waals surface area contributed by atoms with Gasteiger partial charge in [-0.15, -0.1) is 0 Å². The van der Waals surface area contributed by atoms with Gasteiger partial charge in [0.15, 0.2) is 0 Å². The van der Waals surface area contributed by atoms with E-state index < -0.39 is 4.92 Å². The Morgan fingerprint density at radius 1 is 1.09 bits per heavy atom. The molecule has 110 valence electrons. The minimum absolute atomic E-state index is 0.0180. The zero-order valence-corrected chi connectivity index (χ0v) is 12.0. The first-order chi connectivity index (χ1) is 11.2. The third-order valence-electron chi connectivity index (χ3n) is 3.41. The van der Waals surface area contributed by atoms with Crippen LogP contribution < -0.4 is 0 Å². The summed E-state index contributed by atoms with van der Waals surface area (Å²) in [5, 5.41) is 21.1. The molecule has 5 nitrogen and oxygen atoms in total. The maximum atomic E-state index is 10.7. The van der Waals surface area contributed by atoms with Gasteiger partial charge in [-0.1, -0.05) is 24.3 Å². The number of nitro groups is 1. The zero-order chi connectivity index (χ0) is 16.2. The third-order valence-corrected chi connectivity index (χ3v) is 3.41. The number of nitro benzene ring substituents is 1. The van der Waals surface area contributed by atoms with Crippen molar-refractivity contribution >= 4 is 28.2 Å². The number of allylic oxidation sites excluding steroid dienone is 1. The number of hydrogen-bond donors (Lipinski definition) is 0. The Kier molecular flexibility index (Phi) is 3.81. The Labute approximate surface area is 132 Å². The smallest absolute Gasteiger partial charge is 0.258 e. The van der Waals surface area contributed by atoms with Gasteiger partial charge in [-0.2, -0.15) is 5.26 Å². The molecule has 3 rings (SSSR count). The lowest BCUT2D eigenvalue weighted by Gasteiger charge is -2.02. The first-order valence-electron chi connectivity index (χ1n) is 6.90. The minimum atomic E-state index is -0.455. The lowest BCUT2D eigenvalue weighted by molar-refractivity contribution is -0.384. The summed E-state index contributed by atoms with van der Waals surface area (Å²) >= 11 is 0. The van der Waals surface area contributed by atoms with Gasteiger partial charge >= 0.3 is 0 Å². The summed E-state index contributed by atoms with van der Waals surface area (Å²) in [5.41, 5.74) is 2.52. The van der Waals surface area contributed by atoms with Gasteiger partial charge in [0.05, 0.1) is 21.7 Å². The summed E-state index contributed by atoms with van der Waals surface area (Å²) in [6.07, 6.45) is 1.67. The Bertz CT molecular complexity index is 954. The average molecular weight is 301 g/mol. The maximum Gasteiger partial charge on any atom is 0.269 e. The Hall–Kier alpha value is -3.52. The lowest BCUT2D eigenvalue weighted by atomic mass is 10.1. The van der Waals surface area contributed by atoms with E-state index in [4.69, 9.17) is 0 Å². The number of pyridine rings is 1. The molecule has 0 amide bonds. The van der Waals surface area contributed by atoms with Crippen LogP contribution in [0.2, 0.25) is 0 Å². The molecule has 0 N–H and O–H groups in total. The van der Waals surface area contributed by atoms with Crippen molar-refractivity contribution < 1.29 is 4.92 Å². The van der Waals surface area contributed by atoms with E-state index in [0.29, 0.717) is 16.8 Å². The van der Waals surface area contributed by atoms with Gasteiger partial charge in [-0.25, -0.2) is 4.98 Å². The quantitative estimate of drug-likeness (QED) is 0.412. The first kappa shape index (κ1) is 14.4. The predicted octanol–water partition coefficient (Wildman–Crippen LogP) is 4.21. The topological polar surface area (TPSA) is 79.8 Å². The van der Waals surface area contributed by atoms with Gasteiger partial charge in [0.1, 0.15) is 6.07 Å². The van der Waals surface area contributed by atoms with Crippen molar-refractivity contribution in [2.75, 3.05) is 0 Å². The van der Waals surface area contributed by atoms with E-state index in [0.717, 1.165) is 10.9 Å². The van der Waals surface area contributed by atoms with Gasteiger partial charge in [0.2, 0.25) is 0 Å². The molecule has 23 heavy (non-hydrogen) atoms. The first-order valence-corrected chi connectivity index (χ1v) is 6.90. The van der Waals surface area contributed by atoms with Crippen LogP contribution >= 0.6 is 0 Å². The Morgan fingerprint density at radius 2 is 1.83 bits per heavy atom. The summed E-state index contributed by atoms with van der Waals surface area (Å²) in [4.78, 5) is 14.7. The fourth-order valence-corrected chi connectivity index (χ4v) is 2.24. The van der Waals surface area contributed by atoms with Crippen LogP contribution in [0.1, 0.15) is 11.3 Å². The molecule has 0 fully saturated rings. The van der Waals surface area contributed by atoms with Gasteiger partial charge < -0.3 is 0 Å². The minimum Gasteiger partial charge on any atom is -0.258 e. The zero-order valence-electron chi connectivity index (χ0n) is 12.0. The van der Waals surface area contributed by atoms with Crippen molar-refractivity contribution in [3.63, 3.8) is 0 Å². The number of rotatable bonds is 3. The summed E-state index contributed by atoms with van der Waals surface area (Å²) < 4.78 is 0. The number of aromatic nitrogens is 1. The van der Waals surface area contributed by atoms with Crippen LogP contribution in [0.4, 0.5) is 5.69 Å². The molecule has 0 saturated heterocycles. The van der Waals surface area contributed by atoms with Crippen molar-refractivity contribution in [2.45, 2.75) is 0 Å². The van der Waals surface area contributed by atoms with E-state index in [9.17, 15) is 15.4 Å². The van der Waals surface area contributed by atoms with Gasteiger partial charge in [-0.3, -0.25) is 10.1 Å². The SMILES string of the molecule is N#C/C(=C\c1ccc([N+](=O)[O-])cc1)c1ccc2ccccc2n1. The predicted molar refractivity (Wildman–Crippen MR) is 88.3 cm³/mol. The third kappa shape index (κ3) is 3.06. The number of nitrogens with zero attached hydrogens (tertiary/aromatic N) is 3. The number of fused-ring (bicyclic) bond motifs is 1. The van der Waals surface area contributed by atoms with Crippen molar-refractivity contribution in [1.29, 1.82) is 5.26 Å². The Balaban J connectivity index is 2.00. The molecule has 1 heterocycles. The van der Waals surface area contributed by atoms with Crippen LogP contribution in [0.15, 0.2) is 60.7 Å². The standard InChI is InChI=1S/C18H11N3O2/c19-12-15(11-13-5-8-16(9-6-13)21(22)23)18-10-7-14-3-1-2-4-17(14)20-18/h1-11H/b15-11+. The van der Waals surface area contributed by atoms with Gasteiger partial charge in [0.25, 0.3) is 5.69 Å². The molecule has 0 aliphatic rings. The number of hydrogen-bond acceptors (Lipinski definition) is 4. The average Bonchev–Trinajstić information content (AvgIpc) is 2.59. The normalized spacial score (nSPS) is 11.2. The number of para-hydroxylation sites is 1. The summed E-state index contributed by atoms with van der Waals surface area (Å²) in [5.74, 6) is 0. The Morgan fingerprint density at radius 3 is 2.52 bits per heavy atom. The molecular formula is C18H11N3O2. The molecule has 0 aliphatic carbocycles. The second kappa shape index (κ2) is 6.08. The fourth-order valence-electron chi connectivity index (χ4n) is 2.24. The molecule has 1 aromatic heterocycles. The fraction of sp³-hybridized carbons (Fsp3) is 0. The summed E-state index contributed by atoms with van der Waals surface area (Å²) in [6, 6.07) is 19.6. The molecule has 0 atom stereocenters. The van der Waals surface area contributed by atoms with E-state index >= 15 is 0 Å². The molecule has 0 saturated carbocycles. The van der Waals surface area contributed by atoms with Crippen molar-refractivity contribution in [2.24, 2.45) is 0 Å². The monoisotopic (exact) mass is 301 g/mol.